The molecule has 5 nitrogen and oxygen atoms in total. The second kappa shape index (κ2) is 7.81. The summed E-state index contributed by atoms with van der Waals surface area (Å²) < 4.78 is 5.76. The highest BCUT2D eigenvalue weighted by Gasteiger charge is 2.23. The Morgan fingerprint density at radius 1 is 0.828 bits per heavy atom. The number of fused-ring (bicyclic) bond motifs is 1. The van der Waals surface area contributed by atoms with Crippen molar-refractivity contribution in [1.82, 2.24) is 0 Å². The molecule has 0 atom stereocenters. The average Bonchev–Trinajstić information content (AvgIpc) is 3.08. The number of amides is 2. The van der Waals surface area contributed by atoms with Gasteiger partial charge < -0.3 is 15.1 Å². The first-order chi connectivity index (χ1) is 14.0. The van der Waals surface area contributed by atoms with Crippen LogP contribution in [0.5, 0.6) is 0 Å². The molecule has 2 amide bonds. The predicted octanol–water partition coefficient (Wildman–Crippen LogP) is 5.90. The van der Waals surface area contributed by atoms with Gasteiger partial charge in [-0.15, -0.1) is 0 Å². The molecule has 0 unspecified atom stereocenters. The Hall–Kier alpha value is -3.57. The molecule has 0 bridgehead atoms. The minimum Gasteiger partial charge on any atom is -0.449 e. The summed E-state index contributed by atoms with van der Waals surface area (Å²) in [6.45, 7) is 1.97. The van der Waals surface area contributed by atoms with E-state index in [2.05, 4.69) is 10.6 Å². The highest BCUT2D eigenvalue weighted by atomic mass is 35.5. The fourth-order valence-corrected chi connectivity index (χ4v) is 3.20. The Bertz CT molecular complexity index is 1210. The molecule has 0 spiro atoms. The normalized spacial score (nSPS) is 10.7. The number of aryl methyl sites for hydroxylation is 1. The van der Waals surface area contributed by atoms with Crippen molar-refractivity contribution in [2.24, 2.45) is 0 Å². The zero-order chi connectivity index (χ0) is 20.4. The van der Waals surface area contributed by atoms with E-state index in [0.29, 0.717) is 32.9 Å². The number of carbonyl (C=O) groups excluding carboxylic acids is 2. The van der Waals surface area contributed by atoms with Crippen LogP contribution in [-0.2, 0) is 0 Å². The van der Waals surface area contributed by atoms with Gasteiger partial charge in [-0.05, 0) is 43.3 Å². The molecule has 1 aromatic heterocycles. The number of hydrogen-bond acceptors (Lipinski definition) is 3. The van der Waals surface area contributed by atoms with Gasteiger partial charge in [0.25, 0.3) is 11.8 Å². The highest BCUT2D eigenvalue weighted by Crippen LogP contribution is 2.32. The molecule has 1 heterocycles. The van der Waals surface area contributed by atoms with Crippen LogP contribution in [0.25, 0.3) is 11.0 Å². The maximum absolute atomic E-state index is 12.9. The van der Waals surface area contributed by atoms with Crippen LogP contribution in [0.4, 0.5) is 11.4 Å². The molecule has 3 aromatic carbocycles. The van der Waals surface area contributed by atoms with Gasteiger partial charge in [0.1, 0.15) is 11.3 Å². The monoisotopic (exact) mass is 404 g/mol. The first kappa shape index (κ1) is 18.8. The predicted molar refractivity (Wildman–Crippen MR) is 115 cm³/mol. The fraction of sp³-hybridized carbons (Fsp3) is 0.0435. The summed E-state index contributed by atoms with van der Waals surface area (Å²) in [6, 6.07) is 21.2. The second-order valence-corrected chi connectivity index (χ2v) is 6.96. The summed E-state index contributed by atoms with van der Waals surface area (Å²) >= 11 is 6.14. The van der Waals surface area contributed by atoms with Gasteiger partial charge in [0.2, 0.25) is 5.76 Å². The lowest BCUT2D eigenvalue weighted by molar-refractivity contribution is 0.0999. The van der Waals surface area contributed by atoms with Gasteiger partial charge in [0.15, 0.2) is 0 Å². The summed E-state index contributed by atoms with van der Waals surface area (Å²) in [5, 5.41) is 6.54. The number of carbonyl (C=O) groups is 2. The van der Waals surface area contributed by atoms with E-state index in [0.717, 1.165) is 5.56 Å². The zero-order valence-electron chi connectivity index (χ0n) is 15.5. The van der Waals surface area contributed by atoms with Gasteiger partial charge in [0, 0.05) is 11.1 Å². The number of nitrogens with one attached hydrogen (secondary N) is 2. The first-order valence-corrected chi connectivity index (χ1v) is 9.36. The van der Waals surface area contributed by atoms with E-state index in [1.807, 2.05) is 25.1 Å². The van der Waals surface area contributed by atoms with Crippen molar-refractivity contribution in [2.75, 3.05) is 10.6 Å². The lowest BCUT2D eigenvalue weighted by Crippen LogP contribution is -2.17. The maximum atomic E-state index is 12.9. The summed E-state index contributed by atoms with van der Waals surface area (Å²) in [6.07, 6.45) is 0. The van der Waals surface area contributed by atoms with Gasteiger partial charge in [-0.1, -0.05) is 53.6 Å². The van der Waals surface area contributed by atoms with E-state index < -0.39 is 11.8 Å². The quantitative estimate of drug-likeness (QED) is 0.445. The van der Waals surface area contributed by atoms with Crippen molar-refractivity contribution in [3.63, 3.8) is 0 Å². The van der Waals surface area contributed by atoms with E-state index in [1.165, 1.54) is 0 Å². The lowest BCUT2D eigenvalue weighted by atomic mass is 10.1. The van der Waals surface area contributed by atoms with Gasteiger partial charge in [-0.25, -0.2) is 0 Å². The zero-order valence-corrected chi connectivity index (χ0v) is 16.3. The van der Waals surface area contributed by atoms with Crippen LogP contribution < -0.4 is 10.6 Å². The molecule has 4 aromatic rings. The molecule has 0 saturated heterocycles. The summed E-state index contributed by atoms with van der Waals surface area (Å²) in [7, 11) is 0. The van der Waals surface area contributed by atoms with Crippen LogP contribution in [-0.4, -0.2) is 11.8 Å². The molecule has 6 heteroatoms. The molecule has 144 valence electrons. The highest BCUT2D eigenvalue weighted by molar-refractivity contribution is 6.34. The van der Waals surface area contributed by atoms with E-state index in [9.17, 15) is 9.59 Å². The molecule has 0 aliphatic carbocycles. The van der Waals surface area contributed by atoms with Crippen molar-refractivity contribution < 1.29 is 14.0 Å². The molecular weight excluding hydrogens is 388 g/mol. The molecule has 2 N–H and O–H groups in total. The minimum absolute atomic E-state index is 0.0205. The van der Waals surface area contributed by atoms with Gasteiger partial charge in [0.05, 0.1) is 10.6 Å². The van der Waals surface area contributed by atoms with E-state index in [4.69, 9.17) is 16.0 Å². The van der Waals surface area contributed by atoms with Crippen LogP contribution in [0, 0.1) is 6.92 Å². The van der Waals surface area contributed by atoms with Crippen LogP contribution in [0.15, 0.2) is 77.2 Å². The largest absolute Gasteiger partial charge is 0.449 e. The summed E-state index contributed by atoms with van der Waals surface area (Å²) in [5.74, 6) is -0.863. The Morgan fingerprint density at radius 3 is 2.28 bits per heavy atom. The maximum Gasteiger partial charge on any atom is 0.293 e. The SMILES string of the molecule is Cc1ccc(NC(=O)c2oc3ccccc3c2NC(=O)c2ccccc2Cl)cc1. The summed E-state index contributed by atoms with van der Waals surface area (Å²) in [5.41, 5.74) is 2.82. The third-order valence-corrected chi connectivity index (χ3v) is 4.80. The lowest BCUT2D eigenvalue weighted by Gasteiger charge is -2.08. The number of anilines is 2. The first-order valence-electron chi connectivity index (χ1n) is 8.98. The fourth-order valence-electron chi connectivity index (χ4n) is 2.98. The molecule has 4 rings (SSSR count). The Kier molecular flexibility index (Phi) is 5.06. The molecule has 0 aliphatic rings. The molecule has 0 aliphatic heterocycles. The van der Waals surface area contributed by atoms with E-state index >= 15 is 0 Å². The molecule has 0 saturated carbocycles. The van der Waals surface area contributed by atoms with Crippen LogP contribution in [0.1, 0.15) is 26.5 Å². The van der Waals surface area contributed by atoms with Crippen LogP contribution >= 0.6 is 11.6 Å². The number of furan rings is 1. The minimum atomic E-state index is -0.459. The van der Waals surface area contributed by atoms with Gasteiger partial charge in [-0.2, -0.15) is 0 Å². The second-order valence-electron chi connectivity index (χ2n) is 6.56. The third kappa shape index (κ3) is 3.86. The van der Waals surface area contributed by atoms with Gasteiger partial charge in [-0.3, -0.25) is 9.59 Å². The number of hydrogen-bond donors (Lipinski definition) is 2. The van der Waals surface area contributed by atoms with E-state index in [-0.39, 0.29) is 5.76 Å². The van der Waals surface area contributed by atoms with Crippen molar-refractivity contribution >= 4 is 45.8 Å². The number of para-hydroxylation sites is 1. The van der Waals surface area contributed by atoms with Crippen molar-refractivity contribution in [3.8, 4) is 0 Å². The number of rotatable bonds is 4. The molecule has 0 radical (unpaired) electrons. The Balaban J connectivity index is 1.71. The third-order valence-electron chi connectivity index (χ3n) is 4.47. The molecular formula is C23H17ClN2O3. The van der Waals surface area contributed by atoms with E-state index in [1.54, 1.807) is 54.6 Å². The Labute approximate surface area is 172 Å². The number of halogens is 1. The van der Waals surface area contributed by atoms with Crippen molar-refractivity contribution in [2.45, 2.75) is 6.92 Å². The van der Waals surface area contributed by atoms with Crippen molar-refractivity contribution in [1.29, 1.82) is 0 Å². The summed E-state index contributed by atoms with van der Waals surface area (Å²) in [4.78, 5) is 25.7. The molecule has 0 fully saturated rings. The standard InChI is InChI=1S/C23H17ClN2O3/c1-14-10-12-15(13-11-14)25-23(28)21-20(17-7-3-5-9-19(17)29-21)26-22(27)16-6-2-4-8-18(16)24/h2-13H,1H3,(H,25,28)(H,26,27). The smallest absolute Gasteiger partial charge is 0.293 e. The van der Waals surface area contributed by atoms with Crippen LogP contribution in [0.2, 0.25) is 5.02 Å². The number of benzene rings is 3. The van der Waals surface area contributed by atoms with Gasteiger partial charge >= 0.3 is 0 Å². The van der Waals surface area contributed by atoms with Crippen molar-refractivity contribution in [3.05, 3.63) is 94.7 Å². The topological polar surface area (TPSA) is 71.3 Å². The molecule has 29 heavy (non-hydrogen) atoms. The Morgan fingerprint density at radius 2 is 1.52 bits per heavy atom. The average molecular weight is 405 g/mol. The van der Waals surface area contributed by atoms with Crippen LogP contribution in [0.3, 0.4) is 0 Å².